The normalized spacial score (nSPS) is 11.2. The van der Waals surface area contributed by atoms with Crippen molar-refractivity contribution in [2.75, 3.05) is 27.7 Å². The molecular formula is C19H26N4O6. The smallest absolute Gasteiger partial charge is 0.414 e. The molecule has 1 heterocycles. The predicted molar refractivity (Wildman–Crippen MR) is 108 cm³/mol. The number of carbonyl (C=O) groups excluding carboxylic acids is 1. The van der Waals surface area contributed by atoms with Crippen molar-refractivity contribution in [3.63, 3.8) is 0 Å². The third-order valence-electron chi connectivity index (χ3n) is 4.10. The van der Waals surface area contributed by atoms with Crippen LogP contribution in [-0.4, -0.2) is 64.6 Å². The topological polar surface area (TPSA) is 136 Å². The second-order valence-electron chi connectivity index (χ2n) is 6.40. The van der Waals surface area contributed by atoms with Gasteiger partial charge in [-0.2, -0.15) is 0 Å². The molecule has 0 spiro atoms. The molecule has 1 aromatic carbocycles. The summed E-state index contributed by atoms with van der Waals surface area (Å²) in [5, 5.41) is 8.31. The molecule has 0 bridgehead atoms. The van der Waals surface area contributed by atoms with Crippen molar-refractivity contribution in [3.05, 3.63) is 62.4 Å². The maximum Gasteiger partial charge on any atom is 0.414 e. The van der Waals surface area contributed by atoms with Gasteiger partial charge in [-0.1, -0.05) is 12.1 Å². The van der Waals surface area contributed by atoms with Crippen molar-refractivity contribution in [2.24, 2.45) is 0 Å². The van der Waals surface area contributed by atoms with Crippen LogP contribution in [0.25, 0.3) is 0 Å². The van der Waals surface area contributed by atoms with Gasteiger partial charge in [0.15, 0.2) is 0 Å². The molecule has 0 saturated heterocycles. The number of aromatic nitrogens is 2. The monoisotopic (exact) mass is 406 g/mol. The van der Waals surface area contributed by atoms with E-state index in [9.17, 15) is 19.2 Å². The van der Waals surface area contributed by atoms with Gasteiger partial charge in [0, 0.05) is 25.7 Å². The Kier molecular flexibility index (Phi) is 8.81. The van der Waals surface area contributed by atoms with Crippen LogP contribution in [-0.2, 0) is 0 Å². The number of H-pyrrole nitrogens is 2. The van der Waals surface area contributed by atoms with E-state index in [4.69, 9.17) is 9.84 Å². The highest BCUT2D eigenvalue weighted by Gasteiger charge is 2.12. The first-order valence-electron chi connectivity index (χ1n) is 8.81. The lowest BCUT2D eigenvalue weighted by atomic mass is 10.1. The minimum Gasteiger partial charge on any atom is -0.477 e. The Morgan fingerprint density at radius 2 is 1.79 bits per heavy atom. The molecule has 29 heavy (non-hydrogen) atoms. The molecule has 2 aromatic rings. The molecule has 0 radical (unpaired) electrons. The van der Waals surface area contributed by atoms with Crippen molar-refractivity contribution in [1.29, 1.82) is 0 Å². The van der Waals surface area contributed by atoms with Crippen LogP contribution in [0.4, 0.5) is 4.79 Å². The number of carbonyl (C=O) groups is 2. The maximum absolute atomic E-state index is 11.7. The molecule has 0 aliphatic heterocycles. The molecule has 0 saturated carbocycles. The SMILES string of the molecule is CCN(C)C(=O)Oc1cccc([C@H](C)N(C)C)c1.O=C(O)c1cc(=O)[nH]c(=O)[nH]1. The Hall–Kier alpha value is -3.40. The van der Waals surface area contributed by atoms with E-state index in [1.54, 1.807) is 13.1 Å². The highest BCUT2D eigenvalue weighted by Crippen LogP contribution is 2.22. The van der Waals surface area contributed by atoms with Crippen LogP contribution in [0.1, 0.15) is 35.9 Å². The van der Waals surface area contributed by atoms with E-state index < -0.39 is 22.9 Å². The van der Waals surface area contributed by atoms with Crippen LogP contribution in [0.2, 0.25) is 0 Å². The number of benzene rings is 1. The molecule has 0 fully saturated rings. The molecule has 158 valence electrons. The maximum atomic E-state index is 11.7. The number of amides is 1. The number of aromatic carboxylic acids is 1. The van der Waals surface area contributed by atoms with E-state index in [2.05, 4.69) is 11.8 Å². The van der Waals surface area contributed by atoms with E-state index in [1.165, 1.54) is 4.90 Å². The molecule has 1 amide bonds. The Bertz CT molecular complexity index is 922. The number of rotatable bonds is 5. The first-order valence-corrected chi connectivity index (χ1v) is 8.81. The van der Waals surface area contributed by atoms with Gasteiger partial charge in [-0.05, 0) is 45.6 Å². The van der Waals surface area contributed by atoms with Crippen LogP contribution in [0.3, 0.4) is 0 Å². The summed E-state index contributed by atoms with van der Waals surface area (Å²) in [5.41, 5.74) is -0.843. The fourth-order valence-electron chi connectivity index (χ4n) is 2.03. The summed E-state index contributed by atoms with van der Waals surface area (Å²) < 4.78 is 5.31. The lowest BCUT2D eigenvalue weighted by Crippen LogP contribution is -2.29. The molecule has 0 aliphatic carbocycles. The van der Waals surface area contributed by atoms with E-state index >= 15 is 0 Å². The largest absolute Gasteiger partial charge is 0.477 e. The Labute approximate surface area is 167 Å². The van der Waals surface area contributed by atoms with Gasteiger partial charge in [0.1, 0.15) is 11.4 Å². The number of hydrogen-bond donors (Lipinski definition) is 3. The second kappa shape index (κ2) is 10.8. The van der Waals surface area contributed by atoms with Crippen molar-refractivity contribution in [3.8, 4) is 5.75 Å². The van der Waals surface area contributed by atoms with Gasteiger partial charge in [-0.15, -0.1) is 0 Å². The first kappa shape index (κ1) is 23.6. The van der Waals surface area contributed by atoms with E-state index in [0.717, 1.165) is 11.6 Å². The van der Waals surface area contributed by atoms with Crippen molar-refractivity contribution >= 4 is 12.1 Å². The van der Waals surface area contributed by atoms with Gasteiger partial charge in [0.05, 0.1) is 0 Å². The standard InChI is InChI=1S/C14H22N2O2.C5H4N2O4/c1-6-16(5)14(17)18-13-9-7-8-12(10-13)11(2)15(3)4;8-3-1-2(4(9)10)6-5(11)7-3/h7-11H,6H2,1-5H3;1H,(H,9,10)(H2,6,7,8,11)/t11-;/m0./s1. The zero-order chi connectivity index (χ0) is 22.1. The minimum atomic E-state index is -1.34. The average Bonchev–Trinajstić information content (AvgIpc) is 2.66. The molecule has 1 aromatic heterocycles. The Morgan fingerprint density at radius 3 is 2.31 bits per heavy atom. The fraction of sp³-hybridized carbons (Fsp3) is 0.368. The third-order valence-corrected chi connectivity index (χ3v) is 4.10. The number of aromatic amines is 2. The van der Waals surface area contributed by atoms with Crippen LogP contribution in [0.15, 0.2) is 39.9 Å². The lowest BCUT2D eigenvalue weighted by Gasteiger charge is -2.21. The zero-order valence-electron chi connectivity index (χ0n) is 17.1. The van der Waals surface area contributed by atoms with Gasteiger partial charge in [0.25, 0.3) is 5.56 Å². The summed E-state index contributed by atoms with van der Waals surface area (Å²) in [6.45, 7) is 4.65. The van der Waals surface area contributed by atoms with Crippen LogP contribution in [0, 0.1) is 0 Å². The molecule has 3 N–H and O–H groups in total. The summed E-state index contributed by atoms with van der Waals surface area (Å²) in [6, 6.07) is 8.73. The highest BCUT2D eigenvalue weighted by atomic mass is 16.6. The summed E-state index contributed by atoms with van der Waals surface area (Å²) in [5.74, 6) is -0.750. The summed E-state index contributed by atoms with van der Waals surface area (Å²) >= 11 is 0. The molecule has 0 unspecified atom stereocenters. The minimum absolute atomic E-state index is 0.285. The number of nitrogens with zero attached hydrogens (tertiary/aromatic N) is 2. The Morgan fingerprint density at radius 1 is 1.14 bits per heavy atom. The van der Waals surface area contributed by atoms with Gasteiger partial charge >= 0.3 is 17.8 Å². The van der Waals surface area contributed by atoms with Crippen molar-refractivity contribution in [2.45, 2.75) is 19.9 Å². The Balaban J connectivity index is 0.000000326. The summed E-state index contributed by atoms with van der Waals surface area (Å²) in [6.07, 6.45) is -0.327. The first-order chi connectivity index (χ1) is 13.5. The number of carboxylic acids is 1. The summed E-state index contributed by atoms with van der Waals surface area (Å²) in [7, 11) is 5.76. The molecular weight excluding hydrogens is 380 g/mol. The van der Waals surface area contributed by atoms with Gasteiger partial charge in [-0.25, -0.2) is 14.4 Å². The van der Waals surface area contributed by atoms with Crippen LogP contribution >= 0.6 is 0 Å². The molecule has 2 rings (SSSR count). The zero-order valence-corrected chi connectivity index (χ0v) is 17.1. The number of hydrogen-bond acceptors (Lipinski definition) is 6. The van der Waals surface area contributed by atoms with E-state index in [0.29, 0.717) is 12.3 Å². The van der Waals surface area contributed by atoms with Crippen LogP contribution in [0.5, 0.6) is 5.75 Å². The third kappa shape index (κ3) is 7.62. The van der Waals surface area contributed by atoms with Crippen molar-refractivity contribution in [1.82, 2.24) is 19.8 Å². The fourth-order valence-corrected chi connectivity index (χ4v) is 2.03. The number of ether oxygens (including phenoxy) is 1. The average molecular weight is 406 g/mol. The van der Waals surface area contributed by atoms with Gasteiger partial charge in [-0.3, -0.25) is 9.78 Å². The quantitative estimate of drug-likeness (QED) is 0.685. The molecule has 0 aliphatic rings. The van der Waals surface area contributed by atoms with Gasteiger partial charge in [0.2, 0.25) is 0 Å². The molecule has 1 atom stereocenters. The van der Waals surface area contributed by atoms with Gasteiger partial charge < -0.3 is 24.6 Å². The second-order valence-corrected chi connectivity index (χ2v) is 6.40. The van der Waals surface area contributed by atoms with E-state index in [-0.39, 0.29) is 12.1 Å². The summed E-state index contributed by atoms with van der Waals surface area (Å²) in [4.78, 5) is 50.2. The number of nitrogens with one attached hydrogen (secondary N) is 2. The number of carboxylic acid groups (broad SMARTS) is 1. The molecule has 10 nitrogen and oxygen atoms in total. The lowest BCUT2D eigenvalue weighted by molar-refractivity contribution is 0.0689. The molecule has 10 heteroatoms. The van der Waals surface area contributed by atoms with E-state index in [1.807, 2.05) is 49.2 Å². The highest BCUT2D eigenvalue weighted by molar-refractivity contribution is 5.84. The van der Waals surface area contributed by atoms with Crippen LogP contribution < -0.4 is 16.0 Å². The predicted octanol–water partition coefficient (Wildman–Crippen LogP) is 1.52. The van der Waals surface area contributed by atoms with Crippen molar-refractivity contribution < 1.29 is 19.4 Å².